The van der Waals surface area contributed by atoms with Crippen molar-refractivity contribution in [3.8, 4) is 0 Å². The number of aryl methyl sites for hydroxylation is 1. The van der Waals surface area contributed by atoms with E-state index in [2.05, 4.69) is 35.0 Å². The van der Waals surface area contributed by atoms with Gasteiger partial charge in [0.15, 0.2) is 0 Å². The largest absolute Gasteiger partial charge is 0.336 e. The summed E-state index contributed by atoms with van der Waals surface area (Å²) in [4.78, 5) is 30.8. The van der Waals surface area contributed by atoms with Crippen molar-refractivity contribution in [1.29, 1.82) is 0 Å². The zero-order chi connectivity index (χ0) is 16.2. The molecule has 1 saturated heterocycles. The monoisotopic (exact) mass is 311 g/mol. The lowest BCUT2D eigenvalue weighted by Crippen LogP contribution is -2.49. The van der Waals surface area contributed by atoms with Crippen LogP contribution in [-0.2, 0) is 6.54 Å². The molecule has 2 aromatic rings. The zero-order valence-electron chi connectivity index (χ0n) is 13.3. The van der Waals surface area contributed by atoms with Crippen molar-refractivity contribution in [3.05, 3.63) is 69.6 Å². The van der Waals surface area contributed by atoms with Crippen molar-refractivity contribution in [1.82, 2.24) is 14.8 Å². The maximum Gasteiger partial charge on any atom is 0.260 e. The first kappa shape index (κ1) is 15.5. The second-order valence-corrected chi connectivity index (χ2v) is 5.91. The fourth-order valence-corrected chi connectivity index (χ4v) is 2.90. The lowest BCUT2D eigenvalue weighted by atomic mass is 10.1. The van der Waals surface area contributed by atoms with Gasteiger partial charge in [-0.05, 0) is 30.2 Å². The molecule has 1 aromatic carbocycles. The van der Waals surface area contributed by atoms with Gasteiger partial charge in [-0.1, -0.05) is 24.3 Å². The van der Waals surface area contributed by atoms with Gasteiger partial charge in [-0.15, -0.1) is 0 Å². The number of rotatable bonds is 3. The molecular weight excluding hydrogens is 290 g/mol. The van der Waals surface area contributed by atoms with E-state index in [0.717, 1.165) is 19.6 Å². The van der Waals surface area contributed by atoms with E-state index < -0.39 is 0 Å². The highest BCUT2D eigenvalue weighted by atomic mass is 16.2. The van der Waals surface area contributed by atoms with Gasteiger partial charge in [-0.2, -0.15) is 0 Å². The van der Waals surface area contributed by atoms with Gasteiger partial charge in [0.05, 0.1) is 0 Å². The van der Waals surface area contributed by atoms with Gasteiger partial charge in [0.2, 0.25) is 0 Å². The number of H-pyrrole nitrogens is 1. The van der Waals surface area contributed by atoms with E-state index in [1.807, 2.05) is 6.07 Å². The minimum atomic E-state index is -0.320. The van der Waals surface area contributed by atoms with Crippen LogP contribution >= 0.6 is 0 Å². The lowest BCUT2D eigenvalue weighted by molar-refractivity contribution is 0.0626. The van der Waals surface area contributed by atoms with Gasteiger partial charge in [-0.25, -0.2) is 0 Å². The fraction of sp³-hybridized carbons (Fsp3) is 0.333. The number of benzene rings is 1. The summed E-state index contributed by atoms with van der Waals surface area (Å²) >= 11 is 0. The second-order valence-electron chi connectivity index (χ2n) is 5.91. The molecule has 1 fully saturated rings. The topological polar surface area (TPSA) is 56.4 Å². The molecule has 23 heavy (non-hydrogen) atoms. The lowest BCUT2D eigenvalue weighted by Gasteiger charge is -2.34. The van der Waals surface area contributed by atoms with Crippen LogP contribution in [0.5, 0.6) is 0 Å². The molecule has 0 unspecified atom stereocenters. The molecule has 0 aliphatic carbocycles. The standard InChI is InChI=1S/C18H21N3O2/c1-14-5-2-3-6-15(14)13-20-9-11-21(12-10-20)18(23)16-7-4-8-19-17(16)22/h2-8H,9-13H2,1H3,(H,19,22). The van der Waals surface area contributed by atoms with Crippen molar-refractivity contribution >= 4 is 5.91 Å². The Hall–Kier alpha value is -2.40. The van der Waals surface area contributed by atoms with E-state index in [9.17, 15) is 9.59 Å². The first-order chi connectivity index (χ1) is 11.1. The summed E-state index contributed by atoms with van der Waals surface area (Å²) < 4.78 is 0. The molecule has 0 spiro atoms. The van der Waals surface area contributed by atoms with Crippen LogP contribution < -0.4 is 5.56 Å². The normalized spacial score (nSPS) is 15.6. The summed E-state index contributed by atoms with van der Waals surface area (Å²) in [7, 11) is 0. The number of aromatic amines is 1. The van der Waals surface area contributed by atoms with Gasteiger partial charge < -0.3 is 9.88 Å². The molecule has 1 aromatic heterocycles. The summed E-state index contributed by atoms with van der Waals surface area (Å²) in [5.41, 5.74) is 2.52. The highest BCUT2D eigenvalue weighted by Gasteiger charge is 2.23. The molecule has 1 N–H and O–H groups in total. The van der Waals surface area contributed by atoms with Crippen molar-refractivity contribution in [2.24, 2.45) is 0 Å². The quantitative estimate of drug-likeness (QED) is 0.937. The van der Waals surface area contributed by atoms with Gasteiger partial charge >= 0.3 is 0 Å². The summed E-state index contributed by atoms with van der Waals surface area (Å²) in [6.45, 7) is 5.98. The number of aromatic nitrogens is 1. The van der Waals surface area contributed by atoms with Crippen LogP contribution in [0.15, 0.2) is 47.4 Å². The van der Waals surface area contributed by atoms with Crippen LogP contribution in [0.1, 0.15) is 21.5 Å². The number of nitrogens with one attached hydrogen (secondary N) is 1. The molecule has 0 saturated carbocycles. The first-order valence-electron chi connectivity index (χ1n) is 7.89. The molecule has 2 heterocycles. The average molecular weight is 311 g/mol. The van der Waals surface area contributed by atoms with Crippen molar-refractivity contribution in [3.63, 3.8) is 0 Å². The number of piperazine rings is 1. The first-order valence-corrected chi connectivity index (χ1v) is 7.89. The van der Waals surface area contributed by atoms with E-state index in [1.165, 1.54) is 11.1 Å². The maximum atomic E-state index is 12.4. The Morgan fingerprint density at radius 2 is 1.83 bits per heavy atom. The highest BCUT2D eigenvalue weighted by molar-refractivity contribution is 5.93. The molecule has 5 heteroatoms. The van der Waals surface area contributed by atoms with Crippen LogP contribution in [-0.4, -0.2) is 46.9 Å². The van der Waals surface area contributed by atoms with E-state index in [0.29, 0.717) is 13.1 Å². The third-order valence-corrected chi connectivity index (χ3v) is 4.36. The summed E-state index contributed by atoms with van der Waals surface area (Å²) in [5, 5.41) is 0. The Bertz CT molecular complexity index is 746. The Balaban J connectivity index is 1.60. The van der Waals surface area contributed by atoms with Crippen molar-refractivity contribution in [2.75, 3.05) is 26.2 Å². The Labute approximate surface area is 135 Å². The number of carbonyl (C=O) groups is 1. The van der Waals surface area contributed by atoms with Gasteiger partial charge in [-0.3, -0.25) is 14.5 Å². The smallest absolute Gasteiger partial charge is 0.260 e. The zero-order valence-corrected chi connectivity index (χ0v) is 13.3. The minimum absolute atomic E-state index is 0.178. The van der Waals surface area contributed by atoms with E-state index in [-0.39, 0.29) is 17.0 Å². The Morgan fingerprint density at radius 1 is 1.09 bits per heavy atom. The van der Waals surface area contributed by atoms with Crippen LogP contribution in [0.4, 0.5) is 0 Å². The number of amides is 1. The summed E-state index contributed by atoms with van der Waals surface area (Å²) in [6.07, 6.45) is 1.54. The third-order valence-electron chi connectivity index (χ3n) is 4.36. The van der Waals surface area contributed by atoms with Gasteiger partial charge in [0.1, 0.15) is 5.56 Å². The van der Waals surface area contributed by atoms with E-state index >= 15 is 0 Å². The van der Waals surface area contributed by atoms with E-state index in [4.69, 9.17) is 0 Å². The van der Waals surface area contributed by atoms with Crippen molar-refractivity contribution < 1.29 is 4.79 Å². The molecule has 5 nitrogen and oxygen atoms in total. The third kappa shape index (κ3) is 3.51. The number of hydrogen-bond donors (Lipinski definition) is 1. The molecular formula is C18H21N3O2. The number of hydrogen-bond acceptors (Lipinski definition) is 3. The molecule has 120 valence electrons. The van der Waals surface area contributed by atoms with Gasteiger partial charge in [0, 0.05) is 38.9 Å². The maximum absolute atomic E-state index is 12.4. The van der Waals surface area contributed by atoms with Gasteiger partial charge in [0.25, 0.3) is 11.5 Å². The number of carbonyl (C=O) groups excluding carboxylic acids is 1. The van der Waals surface area contributed by atoms with Crippen LogP contribution in [0.3, 0.4) is 0 Å². The fourth-order valence-electron chi connectivity index (χ4n) is 2.90. The van der Waals surface area contributed by atoms with Crippen LogP contribution in [0, 0.1) is 6.92 Å². The molecule has 0 radical (unpaired) electrons. The molecule has 1 amide bonds. The molecule has 1 aliphatic rings. The second kappa shape index (κ2) is 6.79. The van der Waals surface area contributed by atoms with Crippen LogP contribution in [0.2, 0.25) is 0 Å². The SMILES string of the molecule is Cc1ccccc1CN1CCN(C(=O)c2ccc[nH]c2=O)CC1. The predicted octanol–water partition coefficient (Wildman–Crippen LogP) is 1.64. The Morgan fingerprint density at radius 3 is 2.52 bits per heavy atom. The van der Waals surface area contributed by atoms with E-state index in [1.54, 1.807) is 23.2 Å². The van der Waals surface area contributed by atoms with Crippen molar-refractivity contribution in [2.45, 2.75) is 13.5 Å². The minimum Gasteiger partial charge on any atom is -0.336 e. The Kier molecular flexibility index (Phi) is 4.57. The predicted molar refractivity (Wildman–Crippen MR) is 89.4 cm³/mol. The molecule has 1 aliphatic heterocycles. The molecule has 0 atom stereocenters. The average Bonchev–Trinajstić information content (AvgIpc) is 2.57. The highest BCUT2D eigenvalue weighted by Crippen LogP contribution is 2.13. The molecule has 0 bridgehead atoms. The summed E-state index contributed by atoms with van der Waals surface area (Å²) in [6, 6.07) is 11.6. The van der Waals surface area contributed by atoms with Crippen LogP contribution in [0.25, 0.3) is 0 Å². The summed E-state index contributed by atoms with van der Waals surface area (Å²) in [5.74, 6) is -0.178. The number of nitrogens with zero attached hydrogens (tertiary/aromatic N) is 2. The number of pyridine rings is 1. The molecule has 3 rings (SSSR count).